The van der Waals surface area contributed by atoms with Gasteiger partial charge in [0.2, 0.25) is 0 Å². The van der Waals surface area contributed by atoms with Crippen LogP contribution in [0.1, 0.15) is 22.0 Å². The van der Waals surface area contributed by atoms with Crippen molar-refractivity contribution in [3.8, 4) is 0 Å². The minimum atomic E-state index is -0.281. The maximum atomic E-state index is 12.4. The van der Waals surface area contributed by atoms with Crippen LogP contribution in [0.5, 0.6) is 0 Å². The first-order chi connectivity index (χ1) is 10.2. The second-order valence-electron chi connectivity index (χ2n) is 5.37. The van der Waals surface area contributed by atoms with E-state index in [4.69, 9.17) is 4.74 Å². The molecule has 110 valence electrons. The summed E-state index contributed by atoms with van der Waals surface area (Å²) >= 11 is 1.82. The molecule has 0 saturated carbocycles. The molecular weight excluding hydrogens is 298 g/mol. The lowest BCUT2D eigenvalue weighted by molar-refractivity contribution is -0.147. The Hall–Kier alpha value is -1.43. The Bertz CT molecular complexity index is 655. The van der Waals surface area contributed by atoms with E-state index in [0.29, 0.717) is 0 Å². The van der Waals surface area contributed by atoms with Gasteiger partial charge in [-0.1, -0.05) is 29.5 Å². The molecule has 3 rings (SSSR count). The number of hydrogen-bond donors (Lipinski definition) is 0. The van der Waals surface area contributed by atoms with E-state index in [-0.39, 0.29) is 12.0 Å². The molecule has 3 nitrogen and oxygen atoms in total. The highest BCUT2D eigenvalue weighted by atomic mass is 32.1. The van der Waals surface area contributed by atoms with Crippen molar-refractivity contribution in [2.24, 2.45) is 0 Å². The van der Waals surface area contributed by atoms with Crippen LogP contribution in [-0.2, 0) is 22.5 Å². The molecule has 0 unspecified atom stereocenters. The molecule has 1 atom stereocenters. The Morgan fingerprint density at radius 1 is 1.38 bits per heavy atom. The molecule has 5 heteroatoms. The van der Waals surface area contributed by atoms with Gasteiger partial charge in [-0.15, -0.1) is 11.3 Å². The Labute approximate surface area is 132 Å². The van der Waals surface area contributed by atoms with E-state index in [1.54, 1.807) is 0 Å². The number of fused-ring (bicyclic) bond motifs is 1. The minimum Gasteiger partial charge on any atom is -0.468 e. The predicted octanol–water partition coefficient (Wildman–Crippen LogP) is 1.01. The van der Waals surface area contributed by atoms with Gasteiger partial charge in [-0.3, -0.25) is 4.90 Å². The quantitative estimate of drug-likeness (QED) is 0.625. The molecule has 0 saturated heterocycles. The topological polar surface area (TPSA) is 29.5 Å². The van der Waals surface area contributed by atoms with E-state index in [9.17, 15) is 4.79 Å². The zero-order chi connectivity index (χ0) is 14.8. The van der Waals surface area contributed by atoms with Crippen LogP contribution in [0.2, 0.25) is 0 Å². The van der Waals surface area contributed by atoms with Crippen molar-refractivity contribution >= 4 is 32.7 Å². The third-order valence-electron chi connectivity index (χ3n) is 4.11. The average Bonchev–Trinajstić information content (AvgIpc) is 2.97. The fourth-order valence-corrected chi connectivity index (χ4v) is 4.49. The molecule has 1 aromatic heterocycles. The first-order valence-corrected chi connectivity index (χ1v) is 9.01. The first kappa shape index (κ1) is 14.5. The number of benzene rings is 1. The van der Waals surface area contributed by atoms with E-state index < -0.39 is 0 Å². The van der Waals surface area contributed by atoms with Crippen LogP contribution < -0.4 is 5.19 Å². The highest BCUT2D eigenvalue weighted by molar-refractivity contribution is 7.10. The SMILES string of the molecule is COC(=O)[C@H](c1ccccc1[SiH3])N1CCc2sccc2C1. The van der Waals surface area contributed by atoms with Crippen LogP contribution in [0.15, 0.2) is 35.7 Å². The smallest absolute Gasteiger partial charge is 0.327 e. The highest BCUT2D eigenvalue weighted by Crippen LogP contribution is 2.30. The summed E-state index contributed by atoms with van der Waals surface area (Å²) in [6.45, 7) is 1.73. The lowest BCUT2D eigenvalue weighted by Gasteiger charge is -2.33. The number of carbonyl (C=O) groups excluding carboxylic acids is 1. The standard InChI is InChI=1S/C16H19NO2SSi/c1-19-16(18)15(12-4-2-3-5-14(12)21)17-8-6-13-11(10-17)7-9-20-13/h2-5,7,9,15H,6,8,10H2,1,21H3/t15-/m0/s1. The number of nitrogens with zero attached hydrogens (tertiary/aromatic N) is 1. The number of hydrogen-bond acceptors (Lipinski definition) is 4. The molecule has 1 aliphatic heterocycles. The second kappa shape index (κ2) is 6.13. The molecule has 0 spiro atoms. The maximum absolute atomic E-state index is 12.4. The zero-order valence-electron chi connectivity index (χ0n) is 12.3. The summed E-state index contributed by atoms with van der Waals surface area (Å²) in [5.74, 6) is -0.156. The van der Waals surface area contributed by atoms with Crippen LogP contribution in [0.25, 0.3) is 0 Å². The van der Waals surface area contributed by atoms with E-state index >= 15 is 0 Å². The molecule has 0 bridgehead atoms. The van der Waals surface area contributed by atoms with Gasteiger partial charge in [0.1, 0.15) is 6.04 Å². The summed E-state index contributed by atoms with van der Waals surface area (Å²) in [7, 11) is 2.41. The zero-order valence-corrected chi connectivity index (χ0v) is 15.2. The van der Waals surface area contributed by atoms with E-state index in [0.717, 1.165) is 35.3 Å². The number of thiophene rings is 1. The Morgan fingerprint density at radius 3 is 2.95 bits per heavy atom. The molecule has 2 heterocycles. The third kappa shape index (κ3) is 2.81. The Morgan fingerprint density at radius 2 is 2.19 bits per heavy atom. The second-order valence-corrected chi connectivity index (χ2v) is 7.45. The van der Waals surface area contributed by atoms with Crippen molar-refractivity contribution in [1.82, 2.24) is 4.90 Å². The Balaban J connectivity index is 1.94. The maximum Gasteiger partial charge on any atom is 0.327 e. The van der Waals surface area contributed by atoms with Crippen molar-refractivity contribution in [3.05, 3.63) is 51.7 Å². The lowest BCUT2D eigenvalue weighted by atomic mass is 10.0. The fraction of sp³-hybridized carbons (Fsp3) is 0.312. The average molecular weight is 317 g/mol. The molecule has 2 aromatic rings. The van der Waals surface area contributed by atoms with E-state index in [1.165, 1.54) is 22.7 Å². The lowest BCUT2D eigenvalue weighted by Crippen LogP contribution is -2.40. The van der Waals surface area contributed by atoms with Crippen molar-refractivity contribution < 1.29 is 9.53 Å². The Kier molecular flexibility index (Phi) is 4.23. The van der Waals surface area contributed by atoms with Gasteiger partial charge in [0.15, 0.2) is 0 Å². The highest BCUT2D eigenvalue weighted by Gasteiger charge is 2.32. The van der Waals surface area contributed by atoms with Gasteiger partial charge in [0.25, 0.3) is 0 Å². The summed E-state index contributed by atoms with van der Waals surface area (Å²) in [4.78, 5) is 16.1. The number of carbonyl (C=O) groups is 1. The number of rotatable bonds is 3. The van der Waals surface area contributed by atoms with Gasteiger partial charge in [0.05, 0.1) is 7.11 Å². The number of methoxy groups -OCH3 is 1. The third-order valence-corrected chi connectivity index (χ3v) is 6.04. The molecule has 1 aliphatic rings. The summed E-state index contributed by atoms with van der Waals surface area (Å²) in [6, 6.07) is 10.1. The van der Waals surface area contributed by atoms with Gasteiger partial charge in [0, 0.05) is 28.2 Å². The molecule has 0 aliphatic carbocycles. The van der Waals surface area contributed by atoms with Crippen LogP contribution >= 0.6 is 11.3 Å². The summed E-state index contributed by atoms with van der Waals surface area (Å²) in [5.41, 5.74) is 2.46. The van der Waals surface area contributed by atoms with Crippen molar-refractivity contribution in [1.29, 1.82) is 0 Å². The molecule has 0 N–H and O–H groups in total. The van der Waals surface area contributed by atoms with Crippen LogP contribution in [-0.4, -0.2) is 34.8 Å². The van der Waals surface area contributed by atoms with Gasteiger partial charge < -0.3 is 4.74 Å². The van der Waals surface area contributed by atoms with E-state index in [1.807, 2.05) is 23.5 Å². The summed E-state index contributed by atoms with van der Waals surface area (Å²) in [6.07, 6.45) is 1.02. The van der Waals surface area contributed by atoms with Gasteiger partial charge in [-0.05, 0) is 29.0 Å². The fourth-order valence-electron chi connectivity index (χ4n) is 2.97. The molecule has 0 amide bonds. The monoisotopic (exact) mass is 317 g/mol. The molecule has 1 aromatic carbocycles. The summed E-state index contributed by atoms with van der Waals surface area (Å²) < 4.78 is 5.08. The largest absolute Gasteiger partial charge is 0.468 e. The van der Waals surface area contributed by atoms with E-state index in [2.05, 4.69) is 28.5 Å². The number of esters is 1. The molecule has 0 fully saturated rings. The molecule has 21 heavy (non-hydrogen) atoms. The molecule has 0 radical (unpaired) electrons. The van der Waals surface area contributed by atoms with Crippen LogP contribution in [0.3, 0.4) is 0 Å². The van der Waals surface area contributed by atoms with Gasteiger partial charge >= 0.3 is 5.97 Å². The van der Waals surface area contributed by atoms with Crippen molar-refractivity contribution in [2.75, 3.05) is 13.7 Å². The molecular formula is C16H19NO2SSi. The first-order valence-electron chi connectivity index (χ1n) is 7.13. The number of ether oxygens (including phenoxy) is 1. The summed E-state index contributed by atoms with van der Waals surface area (Å²) in [5, 5.41) is 3.41. The van der Waals surface area contributed by atoms with Gasteiger partial charge in [-0.2, -0.15) is 0 Å². The normalized spacial score (nSPS) is 16.4. The van der Waals surface area contributed by atoms with Crippen molar-refractivity contribution in [3.63, 3.8) is 0 Å². The van der Waals surface area contributed by atoms with Crippen molar-refractivity contribution in [2.45, 2.75) is 19.0 Å². The predicted molar refractivity (Wildman–Crippen MR) is 89.2 cm³/mol. The van der Waals surface area contributed by atoms with Gasteiger partial charge in [-0.25, -0.2) is 4.79 Å². The van der Waals surface area contributed by atoms with Crippen LogP contribution in [0.4, 0.5) is 0 Å². The minimum absolute atomic E-state index is 0.156. The van der Waals surface area contributed by atoms with Crippen LogP contribution in [0, 0.1) is 0 Å².